The lowest BCUT2D eigenvalue weighted by Gasteiger charge is -2.12. The second-order valence-electron chi connectivity index (χ2n) is 4.32. The van der Waals surface area contributed by atoms with E-state index < -0.39 is 6.10 Å². The van der Waals surface area contributed by atoms with Gasteiger partial charge in [0.1, 0.15) is 5.82 Å². The van der Waals surface area contributed by atoms with Crippen molar-refractivity contribution < 1.29 is 5.11 Å². The molecule has 0 fully saturated rings. The molecule has 1 aromatic heterocycles. The van der Waals surface area contributed by atoms with Crippen LogP contribution in [0.5, 0.6) is 0 Å². The van der Waals surface area contributed by atoms with Crippen molar-refractivity contribution in [2.24, 2.45) is 0 Å². The number of aliphatic hydroxyl groups is 1. The highest BCUT2D eigenvalue weighted by atomic mass is 16.3. The van der Waals surface area contributed by atoms with E-state index in [-0.39, 0.29) is 0 Å². The van der Waals surface area contributed by atoms with Gasteiger partial charge in [-0.2, -0.15) is 0 Å². The van der Waals surface area contributed by atoms with Crippen molar-refractivity contribution in [3.05, 3.63) is 66.2 Å². The molecule has 2 aromatic carbocycles. The van der Waals surface area contributed by atoms with Crippen molar-refractivity contribution >= 4 is 10.8 Å². The number of hydrogen-bond acceptors (Lipinski definition) is 2. The van der Waals surface area contributed by atoms with Crippen molar-refractivity contribution in [2.75, 3.05) is 0 Å². The molecule has 0 saturated heterocycles. The lowest BCUT2D eigenvalue weighted by atomic mass is 9.98. The predicted molar refractivity (Wildman–Crippen MR) is 71.2 cm³/mol. The largest absolute Gasteiger partial charge is 0.388 e. The van der Waals surface area contributed by atoms with Crippen LogP contribution >= 0.6 is 0 Å². The molecule has 90 valence electrons. The molecule has 0 aliphatic carbocycles. The predicted octanol–water partition coefficient (Wildman–Crippen LogP) is 2.84. The molecule has 3 nitrogen and oxygen atoms in total. The van der Waals surface area contributed by atoms with Crippen molar-refractivity contribution in [2.45, 2.75) is 12.5 Å². The monoisotopic (exact) mass is 238 g/mol. The highest BCUT2D eigenvalue weighted by molar-refractivity contribution is 5.85. The summed E-state index contributed by atoms with van der Waals surface area (Å²) in [5, 5.41) is 12.6. The Morgan fingerprint density at radius 1 is 1.11 bits per heavy atom. The number of nitrogens with zero attached hydrogens (tertiary/aromatic N) is 1. The normalized spacial score (nSPS) is 12.7. The van der Waals surface area contributed by atoms with Gasteiger partial charge in [-0.05, 0) is 16.3 Å². The number of imidazole rings is 1. The fourth-order valence-corrected chi connectivity index (χ4v) is 2.24. The molecule has 2 N–H and O–H groups in total. The third-order valence-corrected chi connectivity index (χ3v) is 3.12. The van der Waals surface area contributed by atoms with Gasteiger partial charge >= 0.3 is 0 Å². The Labute approximate surface area is 105 Å². The van der Waals surface area contributed by atoms with Crippen LogP contribution in [0.4, 0.5) is 0 Å². The van der Waals surface area contributed by atoms with E-state index in [1.807, 2.05) is 30.3 Å². The Morgan fingerprint density at radius 3 is 2.78 bits per heavy atom. The summed E-state index contributed by atoms with van der Waals surface area (Å²) in [5.41, 5.74) is 0.949. The van der Waals surface area contributed by atoms with Crippen LogP contribution in [-0.4, -0.2) is 15.1 Å². The zero-order valence-electron chi connectivity index (χ0n) is 9.88. The van der Waals surface area contributed by atoms with Crippen LogP contribution in [0.25, 0.3) is 10.8 Å². The van der Waals surface area contributed by atoms with Crippen LogP contribution in [-0.2, 0) is 6.42 Å². The molecular formula is C15H14N2O. The quantitative estimate of drug-likeness (QED) is 0.737. The zero-order chi connectivity index (χ0) is 12.4. The molecule has 3 aromatic rings. The number of aliphatic hydroxyl groups excluding tert-OH is 1. The van der Waals surface area contributed by atoms with E-state index in [0.717, 1.165) is 22.2 Å². The summed E-state index contributed by atoms with van der Waals surface area (Å²) in [6, 6.07) is 14.1. The lowest BCUT2D eigenvalue weighted by Crippen LogP contribution is -2.03. The third-order valence-electron chi connectivity index (χ3n) is 3.12. The van der Waals surface area contributed by atoms with Gasteiger partial charge < -0.3 is 10.1 Å². The molecule has 1 heterocycles. The van der Waals surface area contributed by atoms with E-state index in [9.17, 15) is 5.11 Å². The Bertz CT molecular complexity index is 641. The summed E-state index contributed by atoms with van der Waals surface area (Å²) >= 11 is 0. The van der Waals surface area contributed by atoms with Gasteiger partial charge in [0.25, 0.3) is 0 Å². The number of fused-ring (bicyclic) bond motifs is 1. The van der Waals surface area contributed by atoms with Gasteiger partial charge in [-0.25, -0.2) is 4.98 Å². The van der Waals surface area contributed by atoms with Crippen LogP contribution in [0.1, 0.15) is 17.5 Å². The minimum atomic E-state index is -0.540. The zero-order valence-corrected chi connectivity index (χ0v) is 9.88. The molecule has 0 aliphatic heterocycles. The van der Waals surface area contributed by atoms with Gasteiger partial charge in [0, 0.05) is 18.8 Å². The van der Waals surface area contributed by atoms with E-state index in [2.05, 4.69) is 22.1 Å². The van der Waals surface area contributed by atoms with Gasteiger partial charge in [-0.1, -0.05) is 42.5 Å². The van der Waals surface area contributed by atoms with E-state index in [4.69, 9.17) is 0 Å². The lowest BCUT2D eigenvalue weighted by molar-refractivity contribution is 0.177. The molecule has 0 saturated carbocycles. The highest BCUT2D eigenvalue weighted by Crippen LogP contribution is 2.25. The summed E-state index contributed by atoms with van der Waals surface area (Å²) in [4.78, 5) is 7.16. The standard InChI is InChI=1S/C15H14N2O/c18-14(10-15-16-8-9-17-15)13-7-3-5-11-4-1-2-6-12(11)13/h1-9,14,18H,10H2,(H,16,17). The fourth-order valence-electron chi connectivity index (χ4n) is 2.24. The first kappa shape index (κ1) is 11.0. The molecule has 18 heavy (non-hydrogen) atoms. The van der Waals surface area contributed by atoms with E-state index in [1.54, 1.807) is 12.4 Å². The third kappa shape index (κ3) is 2.00. The molecule has 1 unspecified atom stereocenters. The van der Waals surface area contributed by atoms with Crippen LogP contribution < -0.4 is 0 Å². The number of hydrogen-bond donors (Lipinski definition) is 2. The van der Waals surface area contributed by atoms with Gasteiger partial charge in [0.05, 0.1) is 6.10 Å². The molecular weight excluding hydrogens is 224 g/mol. The van der Waals surface area contributed by atoms with Gasteiger partial charge in [0.2, 0.25) is 0 Å². The van der Waals surface area contributed by atoms with Gasteiger partial charge in [0.15, 0.2) is 0 Å². The number of benzene rings is 2. The molecule has 3 rings (SSSR count). The van der Waals surface area contributed by atoms with Crippen LogP contribution in [0.15, 0.2) is 54.9 Å². The first-order valence-corrected chi connectivity index (χ1v) is 5.98. The smallest absolute Gasteiger partial charge is 0.108 e. The maximum atomic E-state index is 10.3. The van der Waals surface area contributed by atoms with Gasteiger partial charge in [-0.3, -0.25) is 0 Å². The Morgan fingerprint density at radius 2 is 1.94 bits per heavy atom. The molecule has 3 heteroatoms. The maximum Gasteiger partial charge on any atom is 0.108 e. The van der Waals surface area contributed by atoms with Crippen molar-refractivity contribution in [3.8, 4) is 0 Å². The van der Waals surface area contributed by atoms with Crippen LogP contribution in [0.3, 0.4) is 0 Å². The first-order chi connectivity index (χ1) is 8.84. The Hall–Kier alpha value is -2.13. The summed E-state index contributed by atoms with van der Waals surface area (Å²) in [5.74, 6) is 0.801. The Balaban J connectivity index is 1.98. The van der Waals surface area contributed by atoms with E-state index >= 15 is 0 Å². The minimum absolute atomic E-state index is 0.501. The highest BCUT2D eigenvalue weighted by Gasteiger charge is 2.12. The number of aromatic amines is 1. The molecule has 0 amide bonds. The van der Waals surface area contributed by atoms with Gasteiger partial charge in [-0.15, -0.1) is 0 Å². The summed E-state index contributed by atoms with van der Waals surface area (Å²) in [6.45, 7) is 0. The minimum Gasteiger partial charge on any atom is -0.388 e. The van der Waals surface area contributed by atoms with Crippen LogP contribution in [0.2, 0.25) is 0 Å². The molecule has 0 aliphatic rings. The number of H-pyrrole nitrogens is 1. The summed E-state index contributed by atoms with van der Waals surface area (Å²) in [6.07, 6.45) is 3.43. The molecule has 0 bridgehead atoms. The first-order valence-electron chi connectivity index (χ1n) is 5.98. The van der Waals surface area contributed by atoms with E-state index in [0.29, 0.717) is 6.42 Å². The average molecular weight is 238 g/mol. The van der Waals surface area contributed by atoms with Crippen molar-refractivity contribution in [3.63, 3.8) is 0 Å². The number of rotatable bonds is 3. The van der Waals surface area contributed by atoms with Crippen molar-refractivity contribution in [1.29, 1.82) is 0 Å². The molecule has 0 spiro atoms. The number of aromatic nitrogens is 2. The maximum absolute atomic E-state index is 10.3. The van der Waals surface area contributed by atoms with Crippen molar-refractivity contribution in [1.82, 2.24) is 9.97 Å². The summed E-state index contributed by atoms with van der Waals surface area (Å²) < 4.78 is 0. The Kier molecular flexibility index (Phi) is 2.82. The number of nitrogens with one attached hydrogen (secondary N) is 1. The second-order valence-corrected chi connectivity index (χ2v) is 4.32. The second kappa shape index (κ2) is 4.63. The topological polar surface area (TPSA) is 48.9 Å². The molecule has 0 radical (unpaired) electrons. The molecule has 1 atom stereocenters. The SMILES string of the molecule is OC(Cc1ncc[nH]1)c1cccc2ccccc12. The fraction of sp³-hybridized carbons (Fsp3) is 0.133. The van der Waals surface area contributed by atoms with Crippen LogP contribution in [0, 0.1) is 0 Å². The van der Waals surface area contributed by atoms with E-state index in [1.165, 1.54) is 0 Å². The average Bonchev–Trinajstić information content (AvgIpc) is 2.91. The summed E-state index contributed by atoms with van der Waals surface area (Å²) in [7, 11) is 0.